The molecule has 15 heavy (non-hydrogen) atoms. The van der Waals surface area contributed by atoms with Gasteiger partial charge in [0, 0.05) is 50.2 Å². The summed E-state index contributed by atoms with van der Waals surface area (Å²) in [4.78, 5) is 6.82. The van der Waals surface area contributed by atoms with E-state index in [2.05, 4.69) is 26.6 Å². The first kappa shape index (κ1) is 8.97. The molecule has 0 unspecified atom stereocenters. The minimum atomic E-state index is 1.03. The van der Waals surface area contributed by atoms with Crippen molar-refractivity contribution in [1.82, 2.24) is 10.3 Å². The van der Waals surface area contributed by atoms with Crippen molar-refractivity contribution in [3.05, 3.63) is 17.8 Å². The van der Waals surface area contributed by atoms with Gasteiger partial charge in [0.1, 0.15) is 5.82 Å². The van der Waals surface area contributed by atoms with Crippen molar-refractivity contribution in [3.8, 4) is 0 Å². The Balaban J connectivity index is 1.93. The van der Waals surface area contributed by atoms with E-state index in [0.29, 0.717) is 0 Å². The molecule has 0 aliphatic carbocycles. The van der Waals surface area contributed by atoms with Gasteiger partial charge in [0.15, 0.2) is 0 Å². The van der Waals surface area contributed by atoms with Crippen molar-refractivity contribution >= 4 is 11.5 Å². The standard InChI is InChI=1S/C11H16N4/c1-3-13-11-9(1)10(2-4-14-11)15-7-5-12-6-8-15/h2,4,12H,1,3,5-8H2,(H,13,14). The summed E-state index contributed by atoms with van der Waals surface area (Å²) in [6.07, 6.45) is 3.02. The van der Waals surface area contributed by atoms with E-state index in [1.807, 2.05) is 6.20 Å². The molecule has 1 saturated heterocycles. The first-order valence-corrected chi connectivity index (χ1v) is 5.62. The Morgan fingerprint density at radius 2 is 2.07 bits per heavy atom. The highest BCUT2D eigenvalue weighted by atomic mass is 15.2. The topological polar surface area (TPSA) is 40.2 Å². The van der Waals surface area contributed by atoms with Gasteiger partial charge in [0.25, 0.3) is 0 Å². The molecule has 0 saturated carbocycles. The molecular formula is C11H16N4. The average Bonchev–Trinajstić information content (AvgIpc) is 2.78. The quantitative estimate of drug-likeness (QED) is 0.697. The van der Waals surface area contributed by atoms with Gasteiger partial charge in [-0.05, 0) is 12.5 Å². The smallest absolute Gasteiger partial charge is 0.131 e. The van der Waals surface area contributed by atoms with E-state index < -0.39 is 0 Å². The van der Waals surface area contributed by atoms with Gasteiger partial charge in [0.05, 0.1) is 0 Å². The molecular weight excluding hydrogens is 188 g/mol. The van der Waals surface area contributed by atoms with E-state index in [9.17, 15) is 0 Å². The largest absolute Gasteiger partial charge is 0.369 e. The van der Waals surface area contributed by atoms with Gasteiger partial charge in [-0.2, -0.15) is 0 Å². The van der Waals surface area contributed by atoms with Crippen LogP contribution in [0, 0.1) is 0 Å². The molecule has 0 bridgehead atoms. The van der Waals surface area contributed by atoms with Crippen LogP contribution >= 0.6 is 0 Å². The predicted octanol–water partition coefficient (Wildman–Crippen LogP) is 0.459. The molecule has 0 atom stereocenters. The summed E-state index contributed by atoms with van der Waals surface area (Å²) in [7, 11) is 0. The Morgan fingerprint density at radius 1 is 1.20 bits per heavy atom. The van der Waals surface area contributed by atoms with Crippen molar-refractivity contribution < 1.29 is 0 Å². The average molecular weight is 204 g/mol. The number of pyridine rings is 1. The Labute approximate surface area is 89.7 Å². The lowest BCUT2D eigenvalue weighted by atomic mass is 10.1. The fraction of sp³-hybridized carbons (Fsp3) is 0.545. The van der Waals surface area contributed by atoms with Gasteiger partial charge in [-0.25, -0.2) is 4.98 Å². The second kappa shape index (κ2) is 3.70. The zero-order valence-corrected chi connectivity index (χ0v) is 8.79. The maximum absolute atomic E-state index is 4.36. The molecule has 1 aromatic rings. The number of hydrogen-bond donors (Lipinski definition) is 2. The summed E-state index contributed by atoms with van der Waals surface area (Å²) in [5.41, 5.74) is 2.78. The van der Waals surface area contributed by atoms with Crippen LogP contribution in [0.5, 0.6) is 0 Å². The van der Waals surface area contributed by atoms with E-state index in [0.717, 1.165) is 45.0 Å². The summed E-state index contributed by atoms with van der Waals surface area (Å²) in [5.74, 6) is 1.09. The fourth-order valence-corrected chi connectivity index (χ4v) is 2.39. The zero-order valence-electron chi connectivity index (χ0n) is 8.79. The number of piperazine rings is 1. The third-order valence-corrected chi connectivity index (χ3v) is 3.16. The summed E-state index contributed by atoms with van der Waals surface area (Å²) in [6.45, 7) is 5.42. The van der Waals surface area contributed by atoms with Gasteiger partial charge in [-0.1, -0.05) is 0 Å². The summed E-state index contributed by atoms with van der Waals surface area (Å²) < 4.78 is 0. The van der Waals surface area contributed by atoms with Crippen LogP contribution < -0.4 is 15.5 Å². The molecule has 3 heterocycles. The molecule has 0 spiro atoms. The summed E-state index contributed by atoms with van der Waals surface area (Å²) in [6, 6.07) is 2.15. The first-order valence-electron chi connectivity index (χ1n) is 5.62. The van der Waals surface area contributed by atoms with Crippen LogP contribution in [0.1, 0.15) is 5.56 Å². The van der Waals surface area contributed by atoms with Crippen molar-refractivity contribution in [2.24, 2.45) is 0 Å². The second-order valence-electron chi connectivity index (χ2n) is 4.07. The van der Waals surface area contributed by atoms with Crippen LogP contribution in [0.25, 0.3) is 0 Å². The van der Waals surface area contributed by atoms with E-state index in [1.165, 1.54) is 11.3 Å². The van der Waals surface area contributed by atoms with Crippen LogP contribution in [0.4, 0.5) is 11.5 Å². The Hall–Kier alpha value is -1.29. The molecule has 4 heteroatoms. The van der Waals surface area contributed by atoms with Gasteiger partial charge in [0.2, 0.25) is 0 Å². The van der Waals surface area contributed by atoms with E-state index in [-0.39, 0.29) is 0 Å². The molecule has 2 aliphatic heterocycles. The molecule has 2 aliphatic rings. The zero-order chi connectivity index (χ0) is 10.1. The molecule has 80 valence electrons. The van der Waals surface area contributed by atoms with Crippen LogP contribution in [0.2, 0.25) is 0 Å². The number of aromatic nitrogens is 1. The van der Waals surface area contributed by atoms with Crippen molar-refractivity contribution in [2.45, 2.75) is 6.42 Å². The number of hydrogen-bond acceptors (Lipinski definition) is 4. The highest BCUT2D eigenvalue weighted by Crippen LogP contribution is 2.29. The number of nitrogens with zero attached hydrogens (tertiary/aromatic N) is 2. The molecule has 0 amide bonds. The highest BCUT2D eigenvalue weighted by molar-refractivity contribution is 5.65. The Morgan fingerprint density at radius 3 is 2.93 bits per heavy atom. The van der Waals surface area contributed by atoms with E-state index in [4.69, 9.17) is 0 Å². The van der Waals surface area contributed by atoms with Gasteiger partial charge in [-0.15, -0.1) is 0 Å². The minimum Gasteiger partial charge on any atom is -0.369 e. The second-order valence-corrected chi connectivity index (χ2v) is 4.07. The number of anilines is 2. The SMILES string of the molecule is c1cc(N2CCNCC2)c2c(n1)NCC2. The molecule has 0 radical (unpaired) electrons. The number of nitrogens with one attached hydrogen (secondary N) is 2. The monoisotopic (exact) mass is 204 g/mol. The number of fused-ring (bicyclic) bond motifs is 1. The third kappa shape index (κ3) is 1.55. The molecule has 1 aromatic heterocycles. The fourth-order valence-electron chi connectivity index (χ4n) is 2.39. The molecule has 0 aromatic carbocycles. The Bertz CT molecular complexity index is 358. The summed E-state index contributed by atoms with van der Waals surface area (Å²) in [5, 5.41) is 6.71. The highest BCUT2D eigenvalue weighted by Gasteiger charge is 2.20. The molecule has 2 N–H and O–H groups in total. The first-order chi connectivity index (χ1) is 7.45. The van der Waals surface area contributed by atoms with Crippen molar-refractivity contribution in [1.29, 1.82) is 0 Å². The van der Waals surface area contributed by atoms with Gasteiger partial charge < -0.3 is 15.5 Å². The van der Waals surface area contributed by atoms with Crippen molar-refractivity contribution in [2.75, 3.05) is 42.9 Å². The lowest BCUT2D eigenvalue weighted by molar-refractivity contribution is 0.588. The van der Waals surface area contributed by atoms with E-state index >= 15 is 0 Å². The van der Waals surface area contributed by atoms with Gasteiger partial charge in [-0.3, -0.25) is 0 Å². The lowest BCUT2D eigenvalue weighted by Crippen LogP contribution is -2.43. The normalized spacial score (nSPS) is 19.9. The maximum Gasteiger partial charge on any atom is 0.131 e. The molecule has 3 rings (SSSR count). The Kier molecular flexibility index (Phi) is 2.21. The van der Waals surface area contributed by atoms with Crippen LogP contribution in [-0.4, -0.2) is 37.7 Å². The predicted molar refractivity (Wildman–Crippen MR) is 61.5 cm³/mol. The number of rotatable bonds is 1. The van der Waals surface area contributed by atoms with Crippen LogP contribution in [0.3, 0.4) is 0 Å². The molecule has 1 fully saturated rings. The van der Waals surface area contributed by atoms with Crippen molar-refractivity contribution in [3.63, 3.8) is 0 Å². The maximum atomic E-state index is 4.36. The minimum absolute atomic E-state index is 1.03. The van der Waals surface area contributed by atoms with E-state index in [1.54, 1.807) is 0 Å². The van der Waals surface area contributed by atoms with Crippen LogP contribution in [0.15, 0.2) is 12.3 Å². The van der Waals surface area contributed by atoms with Crippen LogP contribution in [-0.2, 0) is 6.42 Å². The summed E-state index contributed by atoms with van der Waals surface area (Å²) >= 11 is 0. The molecule has 4 nitrogen and oxygen atoms in total. The third-order valence-electron chi connectivity index (χ3n) is 3.16. The lowest BCUT2D eigenvalue weighted by Gasteiger charge is -2.30. The van der Waals surface area contributed by atoms with Gasteiger partial charge >= 0.3 is 0 Å².